The zero-order chi connectivity index (χ0) is 21.0. The first-order chi connectivity index (χ1) is 15.1. The lowest BCUT2D eigenvalue weighted by Gasteiger charge is -2.40. The minimum absolute atomic E-state index is 0.00638. The van der Waals surface area contributed by atoms with E-state index in [0.717, 1.165) is 47.7 Å². The van der Waals surface area contributed by atoms with Gasteiger partial charge in [-0.3, -0.25) is 5.10 Å². The summed E-state index contributed by atoms with van der Waals surface area (Å²) in [7, 11) is -3.50. The Kier molecular flexibility index (Phi) is 4.30. The second-order valence-corrected chi connectivity index (χ2v) is 10.4. The Labute approximate surface area is 181 Å². The van der Waals surface area contributed by atoms with Gasteiger partial charge in [0.1, 0.15) is 0 Å². The Morgan fingerprint density at radius 2 is 1.71 bits per heavy atom. The molecule has 2 aliphatic rings. The Morgan fingerprint density at radius 1 is 0.903 bits per heavy atom. The highest BCUT2D eigenvalue weighted by atomic mass is 32.2. The first kappa shape index (κ1) is 18.8. The molecule has 2 fully saturated rings. The summed E-state index contributed by atoms with van der Waals surface area (Å²) in [5.74, 6) is 0. The van der Waals surface area contributed by atoms with Crippen LogP contribution >= 0.6 is 0 Å². The second-order valence-electron chi connectivity index (χ2n) is 8.57. The summed E-state index contributed by atoms with van der Waals surface area (Å²) in [4.78, 5) is 0.398. The number of fused-ring (bicyclic) bond motifs is 3. The van der Waals surface area contributed by atoms with Crippen molar-refractivity contribution in [1.29, 1.82) is 0 Å². The fraction of sp³-hybridized carbons (Fsp3) is 0.292. The topological polar surface area (TPSA) is 71.0 Å². The molecule has 0 amide bonds. The number of sulfonamides is 1. The maximum atomic E-state index is 13.5. The van der Waals surface area contributed by atoms with E-state index >= 15 is 0 Å². The fourth-order valence-electron chi connectivity index (χ4n) is 5.53. The monoisotopic (exact) mass is 432 g/mol. The lowest BCUT2D eigenvalue weighted by molar-refractivity contribution is 0.183. The number of benzene rings is 2. The molecule has 158 valence electrons. The first-order valence-electron chi connectivity index (χ1n) is 10.8. The smallest absolute Gasteiger partial charge is 0.243 e. The van der Waals surface area contributed by atoms with E-state index < -0.39 is 10.0 Å². The Bertz CT molecular complexity index is 1330. The van der Waals surface area contributed by atoms with Crippen LogP contribution in [0.2, 0.25) is 0 Å². The van der Waals surface area contributed by atoms with E-state index in [1.165, 1.54) is 0 Å². The Morgan fingerprint density at radius 3 is 2.48 bits per heavy atom. The Hall–Kier alpha value is -2.90. The van der Waals surface area contributed by atoms with Crippen molar-refractivity contribution in [3.8, 4) is 11.1 Å². The summed E-state index contributed by atoms with van der Waals surface area (Å²) < 4.78 is 31.1. The maximum absolute atomic E-state index is 13.5. The number of piperidine rings is 1. The van der Waals surface area contributed by atoms with Crippen LogP contribution in [0.4, 0.5) is 0 Å². The number of nitrogens with zero attached hydrogens (tertiary/aromatic N) is 3. The van der Waals surface area contributed by atoms with Crippen LogP contribution in [0, 0.1) is 0 Å². The van der Waals surface area contributed by atoms with Crippen LogP contribution in [0.5, 0.6) is 0 Å². The van der Waals surface area contributed by atoms with Gasteiger partial charge in [-0.25, -0.2) is 8.42 Å². The third-order valence-electron chi connectivity index (χ3n) is 6.95. The van der Waals surface area contributed by atoms with Gasteiger partial charge in [0.25, 0.3) is 0 Å². The predicted molar refractivity (Wildman–Crippen MR) is 120 cm³/mol. The molecule has 3 unspecified atom stereocenters. The fourth-order valence-corrected chi connectivity index (χ4v) is 7.48. The van der Waals surface area contributed by atoms with Gasteiger partial charge in [-0.15, -0.1) is 0 Å². The summed E-state index contributed by atoms with van der Waals surface area (Å²) in [6, 6.07) is 17.7. The number of aromatic nitrogens is 3. The molecule has 2 aliphatic heterocycles. The van der Waals surface area contributed by atoms with Crippen LogP contribution in [0.1, 0.15) is 31.7 Å². The van der Waals surface area contributed by atoms with Crippen molar-refractivity contribution in [3.05, 3.63) is 73.2 Å². The largest absolute Gasteiger partial charge is 0.343 e. The summed E-state index contributed by atoms with van der Waals surface area (Å²) in [6.07, 6.45) is 9.60. The average molecular weight is 433 g/mol. The third-order valence-corrected chi connectivity index (χ3v) is 8.94. The number of H-pyrrole nitrogens is 1. The van der Waals surface area contributed by atoms with Crippen LogP contribution in [0.3, 0.4) is 0 Å². The van der Waals surface area contributed by atoms with Gasteiger partial charge >= 0.3 is 0 Å². The van der Waals surface area contributed by atoms with Crippen LogP contribution in [0.15, 0.2) is 78.1 Å². The highest BCUT2D eigenvalue weighted by molar-refractivity contribution is 7.89. The molecule has 2 bridgehead atoms. The summed E-state index contributed by atoms with van der Waals surface area (Å²) in [6.45, 7) is 0. The van der Waals surface area contributed by atoms with E-state index in [9.17, 15) is 8.42 Å². The van der Waals surface area contributed by atoms with Crippen molar-refractivity contribution in [1.82, 2.24) is 19.1 Å². The van der Waals surface area contributed by atoms with Crippen LogP contribution in [-0.2, 0) is 10.0 Å². The number of hydrogen-bond donors (Lipinski definition) is 1. The summed E-state index contributed by atoms with van der Waals surface area (Å²) >= 11 is 0. The number of nitrogens with one attached hydrogen (secondary N) is 1. The molecule has 2 saturated heterocycles. The van der Waals surface area contributed by atoms with Gasteiger partial charge in [-0.2, -0.15) is 9.40 Å². The molecule has 31 heavy (non-hydrogen) atoms. The van der Waals surface area contributed by atoms with Crippen molar-refractivity contribution in [3.63, 3.8) is 0 Å². The van der Waals surface area contributed by atoms with Gasteiger partial charge in [0, 0.05) is 40.9 Å². The normalized spacial score (nSPS) is 24.1. The molecule has 6 nitrogen and oxygen atoms in total. The minimum Gasteiger partial charge on any atom is -0.343 e. The van der Waals surface area contributed by atoms with Gasteiger partial charge in [-0.05, 0) is 61.6 Å². The van der Waals surface area contributed by atoms with Gasteiger partial charge < -0.3 is 4.57 Å². The zero-order valence-electron chi connectivity index (χ0n) is 17.1. The van der Waals surface area contributed by atoms with E-state index in [1.54, 1.807) is 24.3 Å². The van der Waals surface area contributed by atoms with Gasteiger partial charge in [0.2, 0.25) is 10.0 Å². The van der Waals surface area contributed by atoms with E-state index in [-0.39, 0.29) is 18.1 Å². The minimum atomic E-state index is -3.50. The quantitative estimate of drug-likeness (QED) is 0.513. The van der Waals surface area contributed by atoms with Crippen molar-refractivity contribution in [2.75, 3.05) is 0 Å². The van der Waals surface area contributed by atoms with Crippen molar-refractivity contribution >= 4 is 20.9 Å². The molecule has 2 aromatic carbocycles. The molecular weight excluding hydrogens is 408 g/mol. The molecule has 7 heteroatoms. The molecule has 2 aromatic heterocycles. The Balaban J connectivity index is 1.38. The molecule has 0 spiro atoms. The zero-order valence-corrected chi connectivity index (χ0v) is 17.9. The highest BCUT2D eigenvalue weighted by Gasteiger charge is 2.49. The molecule has 3 atom stereocenters. The molecule has 6 rings (SSSR count). The van der Waals surface area contributed by atoms with Crippen molar-refractivity contribution < 1.29 is 8.42 Å². The van der Waals surface area contributed by atoms with E-state index in [4.69, 9.17) is 0 Å². The molecular formula is C24H24N4O2S. The average Bonchev–Trinajstić information content (AvgIpc) is 3.53. The van der Waals surface area contributed by atoms with Gasteiger partial charge in [0.15, 0.2) is 0 Å². The molecule has 4 aromatic rings. The number of aromatic amines is 1. The van der Waals surface area contributed by atoms with Gasteiger partial charge in [0.05, 0.1) is 17.1 Å². The molecule has 0 aliphatic carbocycles. The summed E-state index contributed by atoms with van der Waals surface area (Å²) in [5.41, 5.74) is 3.34. The molecule has 1 N–H and O–H groups in total. The standard InChI is InChI=1S/C24H24N4O2S/c29-31(30,21-4-2-1-3-5-21)28-20-7-10-23(24(28)11-8-20)27-13-12-18-14-17(6-9-22(18)27)19-15-25-26-16-19/h1-6,9,12-16,20,23-24H,7-8,10-11H2,(H,25,26). The maximum Gasteiger partial charge on any atom is 0.243 e. The van der Waals surface area contributed by atoms with Crippen molar-refractivity contribution in [2.24, 2.45) is 0 Å². The van der Waals surface area contributed by atoms with E-state index in [2.05, 4.69) is 45.2 Å². The SMILES string of the molecule is O=S(=O)(c1ccccc1)N1C2CCC1C(n1ccc3cc(-c4cn[nH]c4)ccc31)CC2. The lowest BCUT2D eigenvalue weighted by atomic mass is 9.99. The van der Waals surface area contributed by atoms with Crippen LogP contribution in [-0.4, -0.2) is 39.6 Å². The third kappa shape index (κ3) is 2.95. The number of hydrogen-bond acceptors (Lipinski definition) is 3. The summed E-state index contributed by atoms with van der Waals surface area (Å²) in [5, 5.41) is 8.08. The predicted octanol–water partition coefficient (Wildman–Crippen LogP) is 4.59. The van der Waals surface area contributed by atoms with Gasteiger partial charge in [-0.1, -0.05) is 24.3 Å². The molecule has 0 saturated carbocycles. The van der Waals surface area contributed by atoms with E-state index in [0.29, 0.717) is 4.90 Å². The molecule has 4 heterocycles. The molecule has 0 radical (unpaired) electrons. The van der Waals surface area contributed by atoms with Crippen molar-refractivity contribution in [2.45, 2.75) is 48.7 Å². The lowest BCUT2D eigenvalue weighted by Crippen LogP contribution is -2.48. The second kappa shape index (κ2) is 7.07. The number of rotatable bonds is 4. The van der Waals surface area contributed by atoms with Crippen LogP contribution in [0.25, 0.3) is 22.0 Å². The first-order valence-corrected chi connectivity index (χ1v) is 12.3. The van der Waals surface area contributed by atoms with E-state index in [1.807, 2.05) is 22.8 Å². The highest BCUT2D eigenvalue weighted by Crippen LogP contribution is 2.45. The van der Waals surface area contributed by atoms with Crippen LogP contribution < -0.4 is 0 Å².